The molecule has 1 saturated heterocycles. The Morgan fingerprint density at radius 1 is 1.45 bits per heavy atom. The van der Waals surface area contributed by atoms with E-state index in [9.17, 15) is 4.79 Å². The van der Waals surface area contributed by atoms with Gasteiger partial charge in [0.15, 0.2) is 0 Å². The minimum atomic E-state index is -0.233. The summed E-state index contributed by atoms with van der Waals surface area (Å²) in [4.78, 5) is 14.9. The molecule has 3 rings (SSSR count). The Kier molecular flexibility index (Phi) is 3.76. The summed E-state index contributed by atoms with van der Waals surface area (Å²) in [5.74, 6) is 0.639. The average molecular weight is 302 g/mol. The first-order valence-corrected chi connectivity index (χ1v) is 7.71. The van der Waals surface area contributed by atoms with Crippen molar-refractivity contribution in [2.75, 3.05) is 6.54 Å². The third kappa shape index (κ3) is 2.42. The number of amides is 1. The molecule has 22 heavy (non-hydrogen) atoms. The Morgan fingerprint density at radius 3 is 2.82 bits per heavy atom. The second-order valence-electron chi connectivity index (χ2n) is 6.10. The molecule has 0 bridgehead atoms. The van der Waals surface area contributed by atoms with Gasteiger partial charge in [-0.2, -0.15) is 5.10 Å². The van der Waals surface area contributed by atoms with Gasteiger partial charge in [-0.3, -0.25) is 9.48 Å². The summed E-state index contributed by atoms with van der Waals surface area (Å²) < 4.78 is 7.00. The van der Waals surface area contributed by atoms with Crippen LogP contribution >= 0.6 is 0 Å². The van der Waals surface area contributed by atoms with E-state index in [0.717, 1.165) is 42.0 Å². The number of hydrogen-bond donors (Lipinski definition) is 0. The van der Waals surface area contributed by atoms with Gasteiger partial charge in [0.05, 0.1) is 23.9 Å². The number of carbonyl (C=O) groups excluding carboxylic acids is 1. The SMILES string of the molecule is Cc1noc(C)c1[C@@H](C)C(=O)N1CCC[C@@H]1c1cnn(C)c1. The second-order valence-corrected chi connectivity index (χ2v) is 6.10. The lowest BCUT2D eigenvalue weighted by atomic mass is 9.97. The molecule has 2 aromatic rings. The van der Waals surface area contributed by atoms with E-state index in [1.807, 2.05) is 45.1 Å². The monoisotopic (exact) mass is 302 g/mol. The van der Waals surface area contributed by atoms with Gasteiger partial charge in [0.1, 0.15) is 5.76 Å². The molecule has 0 radical (unpaired) electrons. The van der Waals surface area contributed by atoms with Crippen molar-refractivity contribution >= 4 is 5.91 Å². The molecule has 6 heteroatoms. The van der Waals surface area contributed by atoms with E-state index in [1.165, 1.54) is 0 Å². The van der Waals surface area contributed by atoms with Crippen molar-refractivity contribution in [1.82, 2.24) is 19.8 Å². The van der Waals surface area contributed by atoms with Gasteiger partial charge in [-0.25, -0.2) is 0 Å². The van der Waals surface area contributed by atoms with E-state index < -0.39 is 0 Å². The van der Waals surface area contributed by atoms with E-state index in [0.29, 0.717) is 0 Å². The fourth-order valence-corrected chi connectivity index (χ4v) is 3.47. The van der Waals surface area contributed by atoms with Crippen LogP contribution in [0, 0.1) is 13.8 Å². The Labute approximate surface area is 130 Å². The van der Waals surface area contributed by atoms with E-state index in [1.54, 1.807) is 4.68 Å². The Morgan fingerprint density at radius 2 is 2.23 bits per heavy atom. The van der Waals surface area contributed by atoms with Crippen LogP contribution in [-0.2, 0) is 11.8 Å². The van der Waals surface area contributed by atoms with Gasteiger partial charge < -0.3 is 9.42 Å². The van der Waals surface area contributed by atoms with Crippen molar-refractivity contribution in [2.24, 2.45) is 7.05 Å². The molecule has 2 aromatic heterocycles. The standard InChI is InChI=1S/C16H22N4O2/c1-10(15-11(2)18-22-12(15)3)16(21)20-7-5-6-14(20)13-8-17-19(4)9-13/h8-10,14H,5-7H2,1-4H3/t10-,14-/m1/s1. The number of nitrogens with zero attached hydrogens (tertiary/aromatic N) is 4. The van der Waals surface area contributed by atoms with E-state index in [2.05, 4.69) is 10.3 Å². The highest BCUT2D eigenvalue weighted by atomic mass is 16.5. The van der Waals surface area contributed by atoms with Crippen LogP contribution in [0.15, 0.2) is 16.9 Å². The smallest absolute Gasteiger partial charge is 0.230 e. The highest BCUT2D eigenvalue weighted by molar-refractivity contribution is 5.84. The maximum absolute atomic E-state index is 13.0. The van der Waals surface area contributed by atoms with E-state index >= 15 is 0 Å². The van der Waals surface area contributed by atoms with Crippen LogP contribution in [0.1, 0.15) is 54.3 Å². The average Bonchev–Trinajstić information content (AvgIpc) is 3.18. The summed E-state index contributed by atoms with van der Waals surface area (Å²) in [5.41, 5.74) is 2.83. The highest BCUT2D eigenvalue weighted by Crippen LogP contribution is 2.35. The molecule has 118 valence electrons. The van der Waals surface area contributed by atoms with E-state index in [-0.39, 0.29) is 17.9 Å². The summed E-state index contributed by atoms with van der Waals surface area (Å²) in [6.45, 7) is 6.49. The van der Waals surface area contributed by atoms with Crippen LogP contribution in [0.2, 0.25) is 0 Å². The summed E-state index contributed by atoms with van der Waals surface area (Å²) in [6, 6.07) is 0.129. The van der Waals surface area contributed by atoms with Crippen molar-refractivity contribution in [3.8, 4) is 0 Å². The molecule has 2 atom stereocenters. The molecule has 0 N–H and O–H groups in total. The molecule has 1 amide bonds. The largest absolute Gasteiger partial charge is 0.361 e. The zero-order chi connectivity index (χ0) is 15.9. The number of hydrogen-bond acceptors (Lipinski definition) is 4. The van der Waals surface area contributed by atoms with Gasteiger partial charge in [-0.05, 0) is 33.6 Å². The lowest BCUT2D eigenvalue weighted by molar-refractivity contribution is -0.133. The maximum Gasteiger partial charge on any atom is 0.230 e. The number of likely N-dealkylation sites (tertiary alicyclic amines) is 1. The zero-order valence-electron chi connectivity index (χ0n) is 13.5. The van der Waals surface area contributed by atoms with Crippen LogP contribution < -0.4 is 0 Å². The Balaban J connectivity index is 1.84. The predicted molar refractivity (Wildman–Crippen MR) is 81.3 cm³/mol. The number of aryl methyl sites for hydroxylation is 3. The minimum absolute atomic E-state index is 0.129. The molecule has 0 aliphatic carbocycles. The first-order chi connectivity index (χ1) is 10.5. The third-order valence-corrected chi connectivity index (χ3v) is 4.54. The van der Waals surface area contributed by atoms with Crippen molar-refractivity contribution < 1.29 is 9.32 Å². The van der Waals surface area contributed by atoms with Gasteiger partial charge >= 0.3 is 0 Å². The fourth-order valence-electron chi connectivity index (χ4n) is 3.47. The first-order valence-electron chi connectivity index (χ1n) is 7.71. The Bertz CT molecular complexity index is 669. The lowest BCUT2D eigenvalue weighted by Crippen LogP contribution is -2.34. The molecule has 1 aliphatic heterocycles. The van der Waals surface area contributed by atoms with Crippen LogP contribution in [0.3, 0.4) is 0 Å². The molecule has 1 fully saturated rings. The normalized spacial score (nSPS) is 19.6. The van der Waals surface area contributed by atoms with Crippen LogP contribution in [0.25, 0.3) is 0 Å². The summed E-state index contributed by atoms with van der Waals surface area (Å²) in [7, 11) is 1.90. The number of aromatic nitrogens is 3. The zero-order valence-corrected chi connectivity index (χ0v) is 13.5. The first kappa shape index (κ1) is 14.8. The molecular weight excluding hydrogens is 280 g/mol. The van der Waals surface area contributed by atoms with Gasteiger partial charge in [0.2, 0.25) is 5.91 Å². The maximum atomic E-state index is 13.0. The molecule has 0 unspecified atom stereocenters. The van der Waals surface area contributed by atoms with E-state index in [4.69, 9.17) is 4.52 Å². The topological polar surface area (TPSA) is 64.2 Å². The van der Waals surface area contributed by atoms with Crippen LogP contribution in [-0.4, -0.2) is 32.3 Å². The molecular formula is C16H22N4O2. The third-order valence-electron chi connectivity index (χ3n) is 4.54. The summed E-state index contributed by atoms with van der Waals surface area (Å²) in [6.07, 6.45) is 5.87. The minimum Gasteiger partial charge on any atom is -0.361 e. The molecule has 0 aromatic carbocycles. The molecule has 0 spiro atoms. The van der Waals surface area contributed by atoms with Crippen molar-refractivity contribution in [1.29, 1.82) is 0 Å². The number of rotatable bonds is 3. The molecule has 6 nitrogen and oxygen atoms in total. The molecule has 3 heterocycles. The van der Waals surface area contributed by atoms with Crippen molar-refractivity contribution in [2.45, 2.75) is 45.6 Å². The van der Waals surface area contributed by atoms with Crippen LogP contribution in [0.5, 0.6) is 0 Å². The quantitative estimate of drug-likeness (QED) is 0.874. The van der Waals surface area contributed by atoms with Gasteiger partial charge in [-0.15, -0.1) is 0 Å². The van der Waals surface area contributed by atoms with Gasteiger partial charge in [0.25, 0.3) is 0 Å². The molecule has 0 saturated carbocycles. The Hall–Kier alpha value is -2.11. The molecule has 1 aliphatic rings. The van der Waals surface area contributed by atoms with Gasteiger partial charge in [-0.1, -0.05) is 5.16 Å². The fraction of sp³-hybridized carbons (Fsp3) is 0.562. The van der Waals surface area contributed by atoms with Crippen LogP contribution in [0.4, 0.5) is 0 Å². The van der Waals surface area contributed by atoms with Crippen molar-refractivity contribution in [3.63, 3.8) is 0 Å². The predicted octanol–water partition coefficient (Wildman–Crippen LogP) is 2.49. The van der Waals surface area contributed by atoms with Crippen molar-refractivity contribution in [3.05, 3.63) is 35.0 Å². The summed E-state index contributed by atoms with van der Waals surface area (Å²) >= 11 is 0. The van der Waals surface area contributed by atoms with Gasteiger partial charge in [0, 0.05) is 30.9 Å². The second kappa shape index (κ2) is 5.59. The summed E-state index contributed by atoms with van der Waals surface area (Å²) in [5, 5.41) is 8.20. The number of carbonyl (C=O) groups is 1. The highest BCUT2D eigenvalue weighted by Gasteiger charge is 2.35. The lowest BCUT2D eigenvalue weighted by Gasteiger charge is -2.27.